The number of hydrogen-bond acceptors (Lipinski definition) is 2. The number of rotatable bonds is 5. The van der Waals surface area contributed by atoms with Crippen LogP contribution in [-0.4, -0.2) is 25.5 Å². The maximum absolute atomic E-state index is 11.8. The van der Waals surface area contributed by atoms with Gasteiger partial charge in [-0.1, -0.05) is 34.1 Å². The molecule has 1 aliphatic carbocycles. The molecule has 3 nitrogen and oxygen atoms in total. The lowest BCUT2D eigenvalue weighted by atomic mass is 9.96. The molecule has 1 aromatic carbocycles. The van der Waals surface area contributed by atoms with Gasteiger partial charge in [-0.3, -0.25) is 4.79 Å². The van der Waals surface area contributed by atoms with Gasteiger partial charge in [0.1, 0.15) is 0 Å². The predicted molar refractivity (Wildman–Crippen MR) is 76.6 cm³/mol. The molecule has 1 fully saturated rings. The van der Waals surface area contributed by atoms with E-state index in [1.54, 1.807) is 7.05 Å². The lowest BCUT2D eigenvalue weighted by Crippen LogP contribution is -2.43. The molecule has 1 amide bonds. The molecule has 1 saturated carbocycles. The fourth-order valence-corrected chi connectivity index (χ4v) is 2.83. The van der Waals surface area contributed by atoms with Crippen LogP contribution in [0.2, 0.25) is 0 Å². The Labute approximate surface area is 116 Å². The Bertz CT molecular complexity index is 443. The summed E-state index contributed by atoms with van der Waals surface area (Å²) in [5, 5.41) is 5.99. The number of nitrogens with one attached hydrogen (secondary N) is 2. The summed E-state index contributed by atoms with van der Waals surface area (Å²) in [4.78, 5) is 11.8. The first-order valence-corrected chi connectivity index (χ1v) is 7.08. The lowest BCUT2D eigenvalue weighted by molar-refractivity contribution is -0.122. The fraction of sp³-hybridized carbons (Fsp3) is 0.500. The summed E-state index contributed by atoms with van der Waals surface area (Å²) in [6, 6.07) is 8.14. The minimum Gasteiger partial charge on any atom is -0.354 e. The molecule has 18 heavy (non-hydrogen) atoms. The van der Waals surface area contributed by atoms with Crippen LogP contribution in [0, 0.1) is 0 Å². The fourth-order valence-electron chi connectivity index (χ4n) is 2.12. The molecule has 0 aliphatic heterocycles. The number of halogens is 1. The highest BCUT2D eigenvalue weighted by atomic mass is 79.9. The molecule has 0 radical (unpaired) electrons. The van der Waals surface area contributed by atoms with Gasteiger partial charge in [-0.05, 0) is 38.4 Å². The number of amides is 1. The van der Waals surface area contributed by atoms with Crippen LogP contribution in [0.1, 0.15) is 25.3 Å². The van der Waals surface area contributed by atoms with Gasteiger partial charge in [-0.2, -0.15) is 0 Å². The van der Waals surface area contributed by atoms with Gasteiger partial charge in [-0.25, -0.2) is 0 Å². The third kappa shape index (κ3) is 2.75. The molecule has 2 N–H and O–H groups in total. The molecule has 0 aromatic heterocycles. The largest absolute Gasteiger partial charge is 0.354 e. The van der Waals surface area contributed by atoms with Crippen molar-refractivity contribution in [1.29, 1.82) is 0 Å². The van der Waals surface area contributed by atoms with Gasteiger partial charge in [0.05, 0.1) is 6.04 Å². The number of benzene rings is 1. The smallest absolute Gasteiger partial charge is 0.236 e. The van der Waals surface area contributed by atoms with E-state index in [1.807, 2.05) is 13.0 Å². The molecule has 98 valence electrons. The van der Waals surface area contributed by atoms with Crippen molar-refractivity contribution in [3.05, 3.63) is 34.3 Å². The Balaban J connectivity index is 2.01. The van der Waals surface area contributed by atoms with E-state index in [2.05, 4.69) is 44.8 Å². The van der Waals surface area contributed by atoms with Crippen LogP contribution >= 0.6 is 15.9 Å². The summed E-state index contributed by atoms with van der Waals surface area (Å²) >= 11 is 3.60. The Morgan fingerprint density at radius 2 is 2.11 bits per heavy atom. The van der Waals surface area contributed by atoms with Gasteiger partial charge in [0.15, 0.2) is 0 Å². The first-order chi connectivity index (χ1) is 8.59. The van der Waals surface area contributed by atoms with E-state index < -0.39 is 0 Å². The van der Waals surface area contributed by atoms with Crippen molar-refractivity contribution in [3.8, 4) is 0 Å². The van der Waals surface area contributed by atoms with E-state index in [0.29, 0.717) is 0 Å². The Morgan fingerprint density at radius 1 is 1.44 bits per heavy atom. The molecule has 0 spiro atoms. The highest BCUT2D eigenvalue weighted by Crippen LogP contribution is 2.49. The molecule has 2 rings (SSSR count). The standard InChI is InChI=1S/C14H19BrN2O/c1-10(16-2)13(18)17-9-14(7-8-14)11-5-3-4-6-12(11)15/h3-6,10,16H,7-9H2,1-2H3,(H,17,18). The SMILES string of the molecule is CNC(C)C(=O)NCC1(c2ccccc2Br)CC1. The zero-order valence-corrected chi connectivity index (χ0v) is 12.4. The lowest BCUT2D eigenvalue weighted by Gasteiger charge is -2.19. The molecule has 0 heterocycles. The second-order valence-corrected chi connectivity index (χ2v) is 5.84. The van der Waals surface area contributed by atoms with Crippen molar-refractivity contribution in [2.24, 2.45) is 0 Å². The highest BCUT2D eigenvalue weighted by Gasteiger charge is 2.45. The average molecular weight is 311 g/mol. The predicted octanol–water partition coefficient (Wildman–Crippen LogP) is 2.20. The third-order valence-electron chi connectivity index (χ3n) is 3.73. The van der Waals surface area contributed by atoms with Crippen molar-refractivity contribution >= 4 is 21.8 Å². The molecule has 0 saturated heterocycles. The van der Waals surface area contributed by atoms with E-state index >= 15 is 0 Å². The van der Waals surface area contributed by atoms with Gasteiger partial charge in [-0.15, -0.1) is 0 Å². The highest BCUT2D eigenvalue weighted by molar-refractivity contribution is 9.10. The van der Waals surface area contributed by atoms with Gasteiger partial charge < -0.3 is 10.6 Å². The van der Waals surface area contributed by atoms with Crippen molar-refractivity contribution in [3.63, 3.8) is 0 Å². The van der Waals surface area contributed by atoms with E-state index in [1.165, 1.54) is 5.56 Å². The van der Waals surface area contributed by atoms with Crippen molar-refractivity contribution < 1.29 is 4.79 Å². The molecule has 0 bridgehead atoms. The molecule has 1 aliphatic rings. The number of carbonyl (C=O) groups is 1. The van der Waals surface area contributed by atoms with Crippen LogP contribution in [0.15, 0.2) is 28.7 Å². The van der Waals surface area contributed by atoms with E-state index in [4.69, 9.17) is 0 Å². The van der Waals surface area contributed by atoms with Gasteiger partial charge in [0, 0.05) is 16.4 Å². The van der Waals surface area contributed by atoms with E-state index in [9.17, 15) is 4.79 Å². The van der Waals surface area contributed by atoms with Crippen molar-refractivity contribution in [2.45, 2.75) is 31.2 Å². The Kier molecular flexibility index (Phi) is 4.07. The first-order valence-electron chi connectivity index (χ1n) is 6.29. The minimum absolute atomic E-state index is 0.0656. The van der Waals surface area contributed by atoms with E-state index in [-0.39, 0.29) is 17.4 Å². The summed E-state index contributed by atoms with van der Waals surface area (Å²) < 4.78 is 1.14. The quantitative estimate of drug-likeness (QED) is 0.875. The zero-order chi connectivity index (χ0) is 13.2. The summed E-state index contributed by atoms with van der Waals surface area (Å²) in [7, 11) is 1.80. The van der Waals surface area contributed by atoms with Crippen LogP contribution in [0.25, 0.3) is 0 Å². The van der Waals surface area contributed by atoms with Crippen LogP contribution < -0.4 is 10.6 Å². The molecule has 4 heteroatoms. The topological polar surface area (TPSA) is 41.1 Å². The first kappa shape index (κ1) is 13.6. The van der Waals surface area contributed by atoms with Crippen LogP contribution in [0.3, 0.4) is 0 Å². The molecular formula is C14H19BrN2O. The maximum atomic E-state index is 11.8. The van der Waals surface area contributed by atoms with E-state index in [0.717, 1.165) is 23.9 Å². The summed E-state index contributed by atoms with van der Waals surface area (Å²) in [5.41, 5.74) is 1.45. The van der Waals surface area contributed by atoms with Crippen LogP contribution in [0.5, 0.6) is 0 Å². The minimum atomic E-state index is -0.139. The summed E-state index contributed by atoms with van der Waals surface area (Å²) in [6.07, 6.45) is 2.29. The number of hydrogen-bond donors (Lipinski definition) is 2. The Hall–Kier alpha value is -0.870. The van der Waals surface area contributed by atoms with Gasteiger partial charge in [0.25, 0.3) is 0 Å². The molecular weight excluding hydrogens is 292 g/mol. The van der Waals surface area contributed by atoms with Crippen molar-refractivity contribution in [2.75, 3.05) is 13.6 Å². The van der Waals surface area contributed by atoms with Crippen molar-refractivity contribution in [1.82, 2.24) is 10.6 Å². The average Bonchev–Trinajstić information content (AvgIpc) is 3.16. The monoisotopic (exact) mass is 310 g/mol. The number of carbonyl (C=O) groups excluding carboxylic acids is 1. The summed E-state index contributed by atoms with van der Waals surface area (Å²) in [6.45, 7) is 2.59. The third-order valence-corrected chi connectivity index (χ3v) is 4.42. The van der Waals surface area contributed by atoms with Gasteiger partial charge >= 0.3 is 0 Å². The second kappa shape index (κ2) is 5.41. The number of likely N-dealkylation sites (N-methyl/N-ethyl adjacent to an activating group) is 1. The molecule has 1 atom stereocenters. The van der Waals surface area contributed by atoms with Gasteiger partial charge in [0.2, 0.25) is 5.91 Å². The van der Waals surface area contributed by atoms with Crippen LogP contribution in [-0.2, 0) is 10.2 Å². The molecule has 1 aromatic rings. The maximum Gasteiger partial charge on any atom is 0.236 e. The zero-order valence-electron chi connectivity index (χ0n) is 10.8. The Morgan fingerprint density at radius 3 is 2.67 bits per heavy atom. The normalized spacial score (nSPS) is 18.2. The molecule has 1 unspecified atom stereocenters. The van der Waals surface area contributed by atoms with Crippen LogP contribution in [0.4, 0.5) is 0 Å². The summed E-state index contributed by atoms with van der Waals surface area (Å²) in [5.74, 6) is 0.0656. The second-order valence-electron chi connectivity index (χ2n) is 4.99.